The van der Waals surface area contributed by atoms with E-state index in [2.05, 4.69) is 0 Å². The summed E-state index contributed by atoms with van der Waals surface area (Å²) in [4.78, 5) is 51.3. The molecule has 6 nitrogen and oxygen atoms in total. The van der Waals surface area contributed by atoms with Crippen LogP contribution in [0.3, 0.4) is 0 Å². The zero-order valence-electron chi connectivity index (χ0n) is 27.0. The van der Waals surface area contributed by atoms with Crippen molar-refractivity contribution >= 4 is 29.1 Å². The Morgan fingerprint density at radius 1 is 0.641 bits per heavy atom. The SMILES string of the molecule is C.C/C(=C/C(C)C)C(=O)O.CC(=O)/C=C/C(C)C.CC(=O)C(C)=C(C)C.CC(=O)C(C)C.CC(=O)C=C(C)C. The second-order valence-corrected chi connectivity index (χ2v) is 10.4. The van der Waals surface area contributed by atoms with E-state index in [-0.39, 0.29) is 36.5 Å². The quantitative estimate of drug-likeness (QED) is 0.316. The summed E-state index contributed by atoms with van der Waals surface area (Å²) in [5.41, 5.74) is 3.47. The summed E-state index contributed by atoms with van der Waals surface area (Å²) < 4.78 is 0. The van der Waals surface area contributed by atoms with E-state index in [0.29, 0.717) is 17.4 Å². The molecule has 1 N–H and O–H groups in total. The first-order valence-electron chi connectivity index (χ1n) is 12.9. The summed E-state index contributed by atoms with van der Waals surface area (Å²) in [7, 11) is 0. The first-order chi connectivity index (χ1) is 17.0. The monoisotopic (exact) mass is 552 g/mol. The molecule has 6 heteroatoms. The minimum atomic E-state index is -0.830. The number of aliphatic carboxylic acids is 1. The molecule has 0 saturated heterocycles. The molecular weight excluding hydrogens is 492 g/mol. The van der Waals surface area contributed by atoms with Crippen LogP contribution in [0.25, 0.3) is 0 Å². The lowest BCUT2D eigenvalue weighted by Crippen LogP contribution is -1.98. The molecule has 0 amide bonds. The molecule has 0 spiro atoms. The van der Waals surface area contributed by atoms with E-state index in [1.165, 1.54) is 0 Å². The summed E-state index contributed by atoms with van der Waals surface area (Å²) in [5.74, 6) is 0.868. The number of Topliss-reactive ketones (excluding diaryl/α,β-unsaturated/α-hetero) is 2. The average molecular weight is 553 g/mol. The summed E-state index contributed by atoms with van der Waals surface area (Å²) >= 11 is 0. The van der Waals surface area contributed by atoms with E-state index in [1.807, 2.05) is 82.2 Å². The van der Waals surface area contributed by atoms with E-state index in [0.717, 1.165) is 16.7 Å². The molecule has 0 aliphatic heterocycles. The van der Waals surface area contributed by atoms with Gasteiger partial charge in [0.05, 0.1) is 0 Å². The number of carbonyl (C=O) groups is 5. The number of carboxylic acids is 1. The number of allylic oxidation sites excluding steroid dienone is 7. The third kappa shape index (κ3) is 56.5. The molecule has 0 aromatic rings. The van der Waals surface area contributed by atoms with Crippen molar-refractivity contribution in [1.82, 2.24) is 0 Å². The number of rotatable bonds is 7. The molecule has 0 rings (SSSR count). The van der Waals surface area contributed by atoms with Gasteiger partial charge in [-0.2, -0.15) is 0 Å². The Bertz CT molecular complexity index is 839. The molecule has 228 valence electrons. The van der Waals surface area contributed by atoms with Crippen LogP contribution in [0.5, 0.6) is 0 Å². The Kier molecular flexibility index (Phi) is 37.3. The maximum Gasteiger partial charge on any atom is 0.330 e. The number of ketones is 4. The van der Waals surface area contributed by atoms with Gasteiger partial charge in [0, 0.05) is 11.5 Å². The van der Waals surface area contributed by atoms with Crippen LogP contribution in [0.4, 0.5) is 0 Å². The van der Waals surface area contributed by atoms with Crippen LogP contribution >= 0.6 is 0 Å². The highest BCUT2D eigenvalue weighted by Crippen LogP contribution is 2.01. The average Bonchev–Trinajstić information content (AvgIpc) is 2.71. The van der Waals surface area contributed by atoms with Crippen molar-refractivity contribution in [3.8, 4) is 0 Å². The second-order valence-electron chi connectivity index (χ2n) is 10.4. The van der Waals surface area contributed by atoms with Crippen LogP contribution in [-0.2, 0) is 24.0 Å². The van der Waals surface area contributed by atoms with Crippen molar-refractivity contribution in [3.05, 3.63) is 46.6 Å². The van der Waals surface area contributed by atoms with Crippen LogP contribution in [0, 0.1) is 17.8 Å². The maximum absolute atomic E-state index is 10.5. The Balaban J connectivity index is -0.0000000872. The lowest BCUT2D eigenvalue weighted by Gasteiger charge is -1.95. The Morgan fingerprint density at radius 2 is 1.03 bits per heavy atom. The maximum atomic E-state index is 10.5. The van der Waals surface area contributed by atoms with Gasteiger partial charge in [-0.1, -0.05) is 72.3 Å². The number of carboxylic acid groups (broad SMARTS) is 1. The Labute approximate surface area is 240 Å². The van der Waals surface area contributed by atoms with Gasteiger partial charge in [-0.15, -0.1) is 0 Å². The molecule has 0 heterocycles. The Morgan fingerprint density at radius 3 is 1.08 bits per heavy atom. The molecule has 0 saturated carbocycles. The van der Waals surface area contributed by atoms with E-state index in [1.54, 1.807) is 52.8 Å². The van der Waals surface area contributed by atoms with Gasteiger partial charge >= 0.3 is 5.97 Å². The standard InChI is InChI=1S/C7H12O2.2C7H12O.C6H10O.C5H10O.CH4/c1-5(2)4-6(3)7(8)9;1-6(2)4-5-7(3)8;1-5(2)6(3)7(4)8;1-5(2)4-6(3)7;1-4(2)5(3)6;/h4-5H,1-3H3,(H,8,9);4-6H,1-3H3;1-4H3;4H,1-3H3;4H,1-3H3;1H4/b6-4-;5-4+;;;;. The van der Waals surface area contributed by atoms with E-state index in [9.17, 15) is 24.0 Å². The molecule has 0 radical (unpaired) electrons. The minimum Gasteiger partial charge on any atom is -0.478 e. The molecular formula is C33H60O6. The first kappa shape index (κ1) is 49.1. The van der Waals surface area contributed by atoms with Gasteiger partial charge in [0.25, 0.3) is 0 Å². The van der Waals surface area contributed by atoms with Crippen LogP contribution in [0.1, 0.15) is 118 Å². The predicted molar refractivity (Wildman–Crippen MR) is 168 cm³/mol. The largest absolute Gasteiger partial charge is 0.478 e. The van der Waals surface area contributed by atoms with E-state index in [4.69, 9.17) is 5.11 Å². The number of carbonyl (C=O) groups excluding carboxylic acids is 4. The van der Waals surface area contributed by atoms with Gasteiger partial charge in [-0.05, 0) is 98.8 Å². The molecule has 0 fully saturated rings. The van der Waals surface area contributed by atoms with Crippen molar-refractivity contribution < 1.29 is 29.1 Å². The fourth-order valence-corrected chi connectivity index (χ4v) is 1.66. The van der Waals surface area contributed by atoms with E-state index < -0.39 is 5.97 Å². The third-order valence-electron chi connectivity index (χ3n) is 4.22. The zero-order valence-corrected chi connectivity index (χ0v) is 27.0. The third-order valence-corrected chi connectivity index (χ3v) is 4.22. The molecule has 0 aromatic carbocycles. The summed E-state index contributed by atoms with van der Waals surface area (Å²) in [5, 5.41) is 8.36. The topological polar surface area (TPSA) is 106 Å². The molecule has 0 aliphatic carbocycles. The summed E-state index contributed by atoms with van der Waals surface area (Å²) in [6.45, 7) is 29.2. The molecule has 0 bridgehead atoms. The van der Waals surface area contributed by atoms with Gasteiger partial charge in [-0.25, -0.2) is 4.79 Å². The van der Waals surface area contributed by atoms with Gasteiger partial charge in [0.1, 0.15) is 5.78 Å². The Hall–Kier alpha value is -2.89. The molecule has 0 unspecified atom stereocenters. The van der Waals surface area contributed by atoms with Gasteiger partial charge in [0.2, 0.25) is 0 Å². The van der Waals surface area contributed by atoms with Crippen LogP contribution in [0.2, 0.25) is 0 Å². The van der Waals surface area contributed by atoms with Crippen molar-refractivity contribution in [2.45, 2.75) is 118 Å². The lowest BCUT2D eigenvalue weighted by molar-refractivity contribution is -0.132. The highest BCUT2D eigenvalue weighted by atomic mass is 16.4. The molecule has 39 heavy (non-hydrogen) atoms. The lowest BCUT2D eigenvalue weighted by atomic mass is 10.1. The van der Waals surface area contributed by atoms with Gasteiger partial charge < -0.3 is 5.11 Å². The summed E-state index contributed by atoms with van der Waals surface area (Å²) in [6, 6.07) is 0. The molecule has 0 aromatic heterocycles. The second kappa shape index (κ2) is 29.7. The van der Waals surface area contributed by atoms with Gasteiger partial charge in [0.15, 0.2) is 17.3 Å². The minimum absolute atomic E-state index is 0. The van der Waals surface area contributed by atoms with Crippen molar-refractivity contribution in [1.29, 1.82) is 0 Å². The number of hydrogen-bond acceptors (Lipinski definition) is 5. The van der Waals surface area contributed by atoms with Crippen LogP contribution < -0.4 is 0 Å². The fraction of sp³-hybridized carbons (Fsp3) is 0.606. The normalized spacial score (nSPS) is 9.67. The van der Waals surface area contributed by atoms with Gasteiger partial charge in [-0.3, -0.25) is 19.2 Å². The molecule has 0 atom stereocenters. The van der Waals surface area contributed by atoms with Crippen molar-refractivity contribution in [2.24, 2.45) is 17.8 Å². The van der Waals surface area contributed by atoms with Crippen LogP contribution in [-0.4, -0.2) is 34.2 Å². The molecule has 0 aliphatic rings. The first-order valence-corrected chi connectivity index (χ1v) is 12.9. The fourth-order valence-electron chi connectivity index (χ4n) is 1.66. The van der Waals surface area contributed by atoms with Crippen molar-refractivity contribution in [3.63, 3.8) is 0 Å². The highest BCUT2D eigenvalue weighted by molar-refractivity contribution is 5.93. The van der Waals surface area contributed by atoms with E-state index >= 15 is 0 Å². The summed E-state index contributed by atoms with van der Waals surface area (Å²) in [6.07, 6.45) is 6.83. The predicted octanol–water partition coefficient (Wildman–Crippen LogP) is 8.80. The van der Waals surface area contributed by atoms with Crippen molar-refractivity contribution in [2.75, 3.05) is 0 Å². The highest BCUT2D eigenvalue weighted by Gasteiger charge is 1.99. The smallest absolute Gasteiger partial charge is 0.330 e. The number of hydrogen-bond donors (Lipinski definition) is 1. The van der Waals surface area contributed by atoms with Crippen LogP contribution in [0.15, 0.2) is 46.6 Å². The zero-order chi connectivity index (χ0) is 31.8.